The van der Waals surface area contributed by atoms with Gasteiger partial charge in [0.2, 0.25) is 5.88 Å². The highest BCUT2D eigenvalue weighted by Crippen LogP contribution is 2.43. The number of esters is 1. The summed E-state index contributed by atoms with van der Waals surface area (Å²) in [6, 6.07) is 19.2. The fraction of sp³-hybridized carbons (Fsp3) is 0.154. The fourth-order valence-electron chi connectivity index (χ4n) is 3.72. The highest BCUT2D eigenvalue weighted by molar-refractivity contribution is 6.32. The first-order chi connectivity index (χ1) is 16.4. The maximum absolute atomic E-state index is 12.6. The molecule has 0 aromatic heterocycles. The van der Waals surface area contributed by atoms with E-state index in [9.17, 15) is 10.1 Å². The van der Waals surface area contributed by atoms with Crippen LogP contribution in [-0.4, -0.2) is 19.7 Å². The molecule has 8 heteroatoms. The standard InChI is InChI=1S/C26H21ClN2O5/c1-3-32-17-7-4-15(5-8-17)24-19-10-9-18(13-23(19)34-25(29)20(24)14-28)33-26(30)16-6-11-22(31-2)21(27)12-16/h4-13,24H,3,29H2,1-2H3. The predicted molar refractivity (Wildman–Crippen MR) is 126 cm³/mol. The quantitative estimate of drug-likeness (QED) is 0.386. The van der Waals surface area contributed by atoms with Gasteiger partial charge < -0.3 is 24.7 Å². The SMILES string of the molecule is CCOc1ccc(C2C(C#N)=C(N)Oc3cc(OC(=O)c4ccc(OC)c(Cl)c4)ccc32)cc1. The van der Waals surface area contributed by atoms with Crippen LogP contribution in [0.2, 0.25) is 5.02 Å². The maximum Gasteiger partial charge on any atom is 0.343 e. The molecule has 3 aromatic rings. The lowest BCUT2D eigenvalue weighted by Gasteiger charge is -2.26. The molecule has 0 fully saturated rings. The number of hydrogen-bond donors (Lipinski definition) is 1. The minimum Gasteiger partial charge on any atom is -0.495 e. The second kappa shape index (κ2) is 9.77. The first kappa shape index (κ1) is 23.0. The Hall–Kier alpha value is -4.15. The zero-order valence-corrected chi connectivity index (χ0v) is 19.3. The van der Waals surface area contributed by atoms with E-state index in [2.05, 4.69) is 6.07 Å². The largest absolute Gasteiger partial charge is 0.495 e. The Kier molecular flexibility index (Phi) is 6.62. The molecule has 1 atom stereocenters. The average molecular weight is 477 g/mol. The summed E-state index contributed by atoms with van der Waals surface area (Å²) >= 11 is 6.11. The van der Waals surface area contributed by atoms with E-state index in [-0.39, 0.29) is 17.2 Å². The molecule has 0 bridgehead atoms. The molecule has 0 aliphatic carbocycles. The first-order valence-electron chi connectivity index (χ1n) is 10.4. The van der Waals surface area contributed by atoms with Gasteiger partial charge in [-0.3, -0.25) is 0 Å². The van der Waals surface area contributed by atoms with Crippen LogP contribution in [0.3, 0.4) is 0 Å². The van der Waals surface area contributed by atoms with Crippen molar-refractivity contribution < 1.29 is 23.7 Å². The molecule has 1 aliphatic rings. The Balaban J connectivity index is 1.64. The van der Waals surface area contributed by atoms with E-state index in [0.29, 0.717) is 28.7 Å². The molecule has 0 saturated carbocycles. The number of carbonyl (C=O) groups excluding carboxylic acids is 1. The number of nitriles is 1. The van der Waals surface area contributed by atoms with Gasteiger partial charge in [-0.15, -0.1) is 0 Å². The van der Waals surface area contributed by atoms with Crippen LogP contribution in [0.25, 0.3) is 0 Å². The number of nitrogens with zero attached hydrogens (tertiary/aromatic N) is 1. The molecule has 0 saturated heterocycles. The zero-order chi connectivity index (χ0) is 24.2. The summed E-state index contributed by atoms with van der Waals surface area (Å²) in [4.78, 5) is 12.6. The molecule has 0 spiro atoms. The Bertz CT molecular complexity index is 1310. The third kappa shape index (κ3) is 4.49. The summed E-state index contributed by atoms with van der Waals surface area (Å²) in [5, 5.41) is 10.0. The molecule has 1 aliphatic heterocycles. The third-order valence-electron chi connectivity index (χ3n) is 5.31. The average Bonchev–Trinajstić information content (AvgIpc) is 2.83. The molecule has 3 aromatic carbocycles. The van der Waals surface area contributed by atoms with Crippen molar-refractivity contribution in [1.82, 2.24) is 0 Å². The van der Waals surface area contributed by atoms with E-state index in [1.165, 1.54) is 13.2 Å². The van der Waals surface area contributed by atoms with Gasteiger partial charge in [0.05, 0.1) is 30.2 Å². The van der Waals surface area contributed by atoms with Gasteiger partial charge in [-0.25, -0.2) is 4.79 Å². The van der Waals surface area contributed by atoms with Crippen molar-refractivity contribution in [2.75, 3.05) is 13.7 Å². The van der Waals surface area contributed by atoms with Gasteiger partial charge in [-0.1, -0.05) is 29.8 Å². The third-order valence-corrected chi connectivity index (χ3v) is 5.61. The van der Waals surface area contributed by atoms with Gasteiger partial charge in [0.15, 0.2) is 0 Å². The summed E-state index contributed by atoms with van der Waals surface area (Å²) in [5.41, 5.74) is 8.22. The second-order valence-corrected chi connectivity index (χ2v) is 7.77. The minimum absolute atomic E-state index is 0.000650. The van der Waals surface area contributed by atoms with Crippen molar-refractivity contribution in [1.29, 1.82) is 5.26 Å². The van der Waals surface area contributed by atoms with Gasteiger partial charge in [0.1, 0.15) is 34.6 Å². The molecule has 1 heterocycles. The smallest absolute Gasteiger partial charge is 0.343 e. The van der Waals surface area contributed by atoms with Gasteiger partial charge in [0, 0.05) is 11.6 Å². The van der Waals surface area contributed by atoms with Crippen molar-refractivity contribution in [2.45, 2.75) is 12.8 Å². The highest BCUT2D eigenvalue weighted by atomic mass is 35.5. The molecule has 2 N–H and O–H groups in total. The minimum atomic E-state index is -0.593. The molecular weight excluding hydrogens is 456 g/mol. The maximum atomic E-state index is 12.6. The number of benzene rings is 3. The van der Waals surface area contributed by atoms with Crippen molar-refractivity contribution in [3.63, 3.8) is 0 Å². The molecule has 0 radical (unpaired) electrons. The Morgan fingerprint density at radius 3 is 2.50 bits per heavy atom. The monoisotopic (exact) mass is 476 g/mol. The van der Waals surface area contributed by atoms with Crippen LogP contribution in [0.1, 0.15) is 34.3 Å². The summed E-state index contributed by atoms with van der Waals surface area (Å²) < 4.78 is 21.8. The van der Waals surface area contributed by atoms with Crippen LogP contribution < -0.4 is 24.7 Å². The molecule has 172 valence electrons. The number of halogens is 1. The molecule has 0 amide bonds. The van der Waals surface area contributed by atoms with Crippen LogP contribution in [0.5, 0.6) is 23.0 Å². The summed E-state index contributed by atoms with van der Waals surface area (Å²) in [6.07, 6.45) is 0. The Labute approximate surface area is 201 Å². The van der Waals surface area contributed by atoms with E-state index >= 15 is 0 Å². The fourth-order valence-corrected chi connectivity index (χ4v) is 3.98. The van der Waals surface area contributed by atoms with Crippen LogP contribution in [-0.2, 0) is 0 Å². The molecule has 4 rings (SSSR count). The number of hydrogen-bond acceptors (Lipinski definition) is 7. The number of rotatable bonds is 6. The molecule has 1 unspecified atom stereocenters. The molecule has 34 heavy (non-hydrogen) atoms. The molecule has 7 nitrogen and oxygen atoms in total. The van der Waals surface area contributed by atoms with Crippen LogP contribution >= 0.6 is 11.6 Å². The lowest BCUT2D eigenvalue weighted by Crippen LogP contribution is -2.21. The summed E-state index contributed by atoms with van der Waals surface area (Å²) in [7, 11) is 1.49. The topological polar surface area (TPSA) is 104 Å². The lowest BCUT2D eigenvalue weighted by atomic mass is 9.83. The Morgan fingerprint density at radius 1 is 1.12 bits per heavy atom. The van der Waals surface area contributed by atoms with Crippen molar-refractivity contribution >= 4 is 17.6 Å². The van der Waals surface area contributed by atoms with Crippen LogP contribution in [0, 0.1) is 11.3 Å². The number of fused-ring (bicyclic) bond motifs is 1. The van der Waals surface area contributed by atoms with Gasteiger partial charge in [-0.05, 0) is 48.9 Å². The van der Waals surface area contributed by atoms with Gasteiger partial charge in [0.25, 0.3) is 0 Å². The first-order valence-corrected chi connectivity index (χ1v) is 10.8. The second-order valence-electron chi connectivity index (χ2n) is 7.37. The number of ether oxygens (including phenoxy) is 4. The van der Waals surface area contributed by atoms with Gasteiger partial charge in [-0.2, -0.15) is 5.26 Å². The zero-order valence-electron chi connectivity index (χ0n) is 18.5. The van der Waals surface area contributed by atoms with Crippen molar-refractivity contribution in [3.8, 4) is 29.1 Å². The van der Waals surface area contributed by atoms with E-state index in [4.69, 9.17) is 36.3 Å². The summed E-state index contributed by atoms with van der Waals surface area (Å²) in [5.74, 6) is 0.812. The number of methoxy groups -OCH3 is 1. The number of carbonyl (C=O) groups is 1. The van der Waals surface area contributed by atoms with Crippen molar-refractivity contribution in [2.24, 2.45) is 5.73 Å². The number of allylic oxidation sites excluding steroid dienone is 1. The highest BCUT2D eigenvalue weighted by Gasteiger charge is 2.31. The van der Waals surface area contributed by atoms with E-state index in [1.807, 2.05) is 31.2 Å². The van der Waals surface area contributed by atoms with Crippen molar-refractivity contribution in [3.05, 3.63) is 93.8 Å². The predicted octanol–water partition coefficient (Wildman–Crippen LogP) is 5.18. The van der Waals surface area contributed by atoms with E-state index in [0.717, 1.165) is 16.9 Å². The van der Waals surface area contributed by atoms with E-state index in [1.54, 1.807) is 30.3 Å². The van der Waals surface area contributed by atoms with E-state index < -0.39 is 11.9 Å². The lowest BCUT2D eigenvalue weighted by molar-refractivity contribution is 0.0734. The number of nitrogens with two attached hydrogens (primary N) is 1. The Morgan fingerprint density at radius 2 is 1.85 bits per heavy atom. The van der Waals surface area contributed by atoms with Gasteiger partial charge >= 0.3 is 5.97 Å². The van der Waals surface area contributed by atoms with Crippen LogP contribution in [0.4, 0.5) is 0 Å². The normalized spacial score (nSPS) is 14.5. The molecular formula is C26H21ClN2O5. The summed E-state index contributed by atoms with van der Waals surface area (Å²) in [6.45, 7) is 2.47. The van der Waals surface area contributed by atoms with Crippen LogP contribution in [0.15, 0.2) is 72.1 Å².